The van der Waals surface area contributed by atoms with E-state index < -0.39 is 0 Å². The summed E-state index contributed by atoms with van der Waals surface area (Å²) in [4.78, 5) is 31.2. The Bertz CT molecular complexity index is 866. The molecular weight excluding hydrogens is 378 g/mol. The number of hydrogen-bond acceptors (Lipinski definition) is 4. The van der Waals surface area contributed by atoms with Crippen LogP contribution in [0.4, 0.5) is 0 Å². The van der Waals surface area contributed by atoms with Crippen molar-refractivity contribution >= 4 is 23.4 Å². The van der Waals surface area contributed by atoms with E-state index in [-0.39, 0.29) is 22.8 Å². The molecule has 2 aromatic rings. The molecule has 1 aromatic carbocycles. The zero-order valence-corrected chi connectivity index (χ0v) is 16.5. The van der Waals surface area contributed by atoms with Crippen molar-refractivity contribution in [2.75, 3.05) is 39.3 Å². The first-order chi connectivity index (χ1) is 13.6. The predicted octanol–water partition coefficient (Wildman–Crippen LogP) is 2.67. The molecule has 1 aromatic heterocycles. The quantitative estimate of drug-likeness (QED) is 0.793. The Balaban J connectivity index is 1.32. The van der Waals surface area contributed by atoms with E-state index in [1.54, 1.807) is 17.0 Å². The van der Waals surface area contributed by atoms with Crippen molar-refractivity contribution in [1.29, 1.82) is 0 Å². The number of nitrogens with zero attached hydrogens (tertiary/aromatic N) is 3. The van der Waals surface area contributed by atoms with Crippen LogP contribution < -0.4 is 0 Å². The molecule has 2 aliphatic heterocycles. The normalized spacial score (nSPS) is 17.9. The van der Waals surface area contributed by atoms with Gasteiger partial charge in [0.25, 0.3) is 5.91 Å². The minimum atomic E-state index is -0.172. The van der Waals surface area contributed by atoms with E-state index in [4.69, 9.17) is 16.0 Å². The third-order valence-corrected chi connectivity index (χ3v) is 5.69. The number of carbonyl (C=O) groups excluding carboxylic acids is 2. The lowest BCUT2D eigenvalue weighted by atomic mass is 10.00. The third-order valence-electron chi connectivity index (χ3n) is 5.49. The van der Waals surface area contributed by atoms with Crippen LogP contribution in [0.15, 0.2) is 40.8 Å². The first-order valence-electron chi connectivity index (χ1n) is 9.71. The average molecular weight is 402 g/mol. The maximum absolute atomic E-state index is 12.8. The minimum Gasteiger partial charge on any atom is -0.440 e. The molecule has 2 amide bonds. The van der Waals surface area contributed by atoms with Crippen molar-refractivity contribution in [2.24, 2.45) is 0 Å². The molecule has 0 atom stereocenters. The Morgan fingerprint density at radius 1 is 0.929 bits per heavy atom. The molecule has 1 saturated heterocycles. The van der Waals surface area contributed by atoms with Crippen LogP contribution in [0.2, 0.25) is 5.22 Å². The molecule has 2 aliphatic rings. The molecule has 6 nitrogen and oxygen atoms in total. The van der Waals surface area contributed by atoms with Gasteiger partial charge in [-0.2, -0.15) is 0 Å². The van der Waals surface area contributed by atoms with E-state index in [0.29, 0.717) is 32.7 Å². The molecule has 4 rings (SSSR count). The van der Waals surface area contributed by atoms with Crippen molar-refractivity contribution in [2.45, 2.75) is 19.4 Å². The van der Waals surface area contributed by atoms with Crippen LogP contribution in [0.1, 0.15) is 28.1 Å². The summed E-state index contributed by atoms with van der Waals surface area (Å²) in [6, 6.07) is 11.6. The zero-order chi connectivity index (χ0) is 19.5. The molecule has 28 heavy (non-hydrogen) atoms. The number of halogens is 1. The number of rotatable bonds is 3. The second-order valence-electron chi connectivity index (χ2n) is 7.36. The minimum absolute atomic E-state index is 0.134. The van der Waals surface area contributed by atoms with Gasteiger partial charge in [-0.1, -0.05) is 24.3 Å². The standard InChI is InChI=1S/C21H24ClN3O3/c22-19-7-6-18(28-19)21(27)25-10-3-9-24(12-13-25)20(26)15-23-11-8-16-4-1-2-5-17(16)14-23/h1-2,4-7H,3,8-15H2. The smallest absolute Gasteiger partial charge is 0.289 e. The van der Waals surface area contributed by atoms with Crippen LogP contribution in [-0.4, -0.2) is 65.8 Å². The fraction of sp³-hybridized carbons (Fsp3) is 0.429. The number of amides is 2. The highest BCUT2D eigenvalue weighted by molar-refractivity contribution is 6.29. The van der Waals surface area contributed by atoms with E-state index in [9.17, 15) is 9.59 Å². The van der Waals surface area contributed by atoms with E-state index in [1.807, 2.05) is 4.90 Å². The van der Waals surface area contributed by atoms with E-state index in [0.717, 1.165) is 25.9 Å². The molecule has 3 heterocycles. The first-order valence-corrected chi connectivity index (χ1v) is 10.1. The van der Waals surface area contributed by atoms with Gasteiger partial charge in [-0.15, -0.1) is 0 Å². The van der Waals surface area contributed by atoms with Gasteiger partial charge >= 0.3 is 0 Å². The van der Waals surface area contributed by atoms with Crippen LogP contribution in [0, 0.1) is 0 Å². The van der Waals surface area contributed by atoms with Crippen LogP contribution in [-0.2, 0) is 17.8 Å². The number of carbonyl (C=O) groups is 2. The predicted molar refractivity (Wildman–Crippen MR) is 106 cm³/mol. The fourth-order valence-corrected chi connectivity index (χ4v) is 4.08. The van der Waals surface area contributed by atoms with Crippen molar-refractivity contribution < 1.29 is 14.0 Å². The molecular formula is C21H24ClN3O3. The monoisotopic (exact) mass is 401 g/mol. The van der Waals surface area contributed by atoms with Gasteiger partial charge in [0, 0.05) is 39.3 Å². The molecule has 1 fully saturated rings. The highest BCUT2D eigenvalue weighted by atomic mass is 35.5. The van der Waals surface area contributed by atoms with Gasteiger partial charge in [-0.05, 0) is 47.7 Å². The van der Waals surface area contributed by atoms with E-state index in [2.05, 4.69) is 29.2 Å². The second-order valence-corrected chi connectivity index (χ2v) is 7.73. The Kier molecular flexibility index (Phi) is 5.69. The molecule has 0 unspecified atom stereocenters. The highest BCUT2D eigenvalue weighted by Gasteiger charge is 2.26. The van der Waals surface area contributed by atoms with Crippen LogP contribution in [0.3, 0.4) is 0 Å². The van der Waals surface area contributed by atoms with E-state index in [1.165, 1.54) is 11.1 Å². The molecule has 0 bridgehead atoms. The number of hydrogen-bond donors (Lipinski definition) is 0. The second kappa shape index (κ2) is 8.37. The SMILES string of the molecule is O=C(CN1CCc2ccccc2C1)N1CCCN(C(=O)c2ccc(Cl)o2)CC1. The lowest BCUT2D eigenvalue weighted by molar-refractivity contribution is -0.132. The highest BCUT2D eigenvalue weighted by Crippen LogP contribution is 2.19. The van der Waals surface area contributed by atoms with Gasteiger partial charge in [-0.25, -0.2) is 0 Å². The molecule has 0 aliphatic carbocycles. The Morgan fingerprint density at radius 3 is 2.46 bits per heavy atom. The average Bonchev–Trinajstić information content (AvgIpc) is 2.99. The third kappa shape index (κ3) is 4.23. The van der Waals surface area contributed by atoms with Gasteiger partial charge in [0.05, 0.1) is 6.54 Å². The summed E-state index contributed by atoms with van der Waals surface area (Å²) in [6.45, 7) is 4.48. The maximum Gasteiger partial charge on any atom is 0.289 e. The molecule has 148 valence electrons. The van der Waals surface area contributed by atoms with Crippen molar-refractivity contribution in [3.63, 3.8) is 0 Å². The van der Waals surface area contributed by atoms with Crippen molar-refractivity contribution in [1.82, 2.24) is 14.7 Å². The number of fused-ring (bicyclic) bond motifs is 1. The van der Waals surface area contributed by atoms with E-state index >= 15 is 0 Å². The lowest BCUT2D eigenvalue weighted by Gasteiger charge is -2.30. The Hall–Kier alpha value is -2.31. The lowest BCUT2D eigenvalue weighted by Crippen LogP contribution is -2.43. The summed E-state index contributed by atoms with van der Waals surface area (Å²) in [6.07, 6.45) is 1.74. The van der Waals surface area contributed by atoms with Gasteiger partial charge in [0.2, 0.25) is 5.91 Å². The fourth-order valence-electron chi connectivity index (χ4n) is 3.94. The zero-order valence-electron chi connectivity index (χ0n) is 15.8. The summed E-state index contributed by atoms with van der Waals surface area (Å²) in [7, 11) is 0. The Labute approximate surface area is 169 Å². The van der Waals surface area contributed by atoms with Gasteiger partial charge in [-0.3, -0.25) is 14.5 Å². The number of benzene rings is 1. The molecule has 7 heteroatoms. The molecule has 0 saturated carbocycles. The van der Waals surface area contributed by atoms with Crippen LogP contribution in [0.25, 0.3) is 0 Å². The summed E-state index contributed by atoms with van der Waals surface area (Å²) < 4.78 is 5.23. The van der Waals surface area contributed by atoms with Gasteiger partial charge in [0.15, 0.2) is 11.0 Å². The summed E-state index contributed by atoms with van der Waals surface area (Å²) in [5.74, 6) is 0.209. The number of furan rings is 1. The molecule has 0 spiro atoms. The first kappa shape index (κ1) is 19.0. The van der Waals surface area contributed by atoms with Gasteiger partial charge < -0.3 is 14.2 Å². The Morgan fingerprint density at radius 2 is 1.68 bits per heavy atom. The van der Waals surface area contributed by atoms with Crippen LogP contribution >= 0.6 is 11.6 Å². The van der Waals surface area contributed by atoms with Crippen molar-refractivity contribution in [3.8, 4) is 0 Å². The van der Waals surface area contributed by atoms with Crippen molar-refractivity contribution in [3.05, 3.63) is 58.5 Å². The molecule has 0 N–H and O–H groups in total. The largest absolute Gasteiger partial charge is 0.440 e. The molecule has 0 radical (unpaired) electrons. The topological polar surface area (TPSA) is 57.0 Å². The maximum atomic E-state index is 12.8. The van der Waals surface area contributed by atoms with Gasteiger partial charge in [0.1, 0.15) is 0 Å². The summed E-state index contributed by atoms with van der Waals surface area (Å²) >= 11 is 5.77. The summed E-state index contributed by atoms with van der Waals surface area (Å²) in [5, 5.41) is 0.207. The van der Waals surface area contributed by atoms with Crippen LogP contribution in [0.5, 0.6) is 0 Å². The summed E-state index contributed by atoms with van der Waals surface area (Å²) in [5.41, 5.74) is 2.69.